The zero-order valence-corrected chi connectivity index (χ0v) is 9.44. The molecular weight excluding hydrogens is 204 g/mol. The molecule has 0 bridgehead atoms. The van der Waals surface area contributed by atoms with Gasteiger partial charge in [-0.15, -0.1) is 0 Å². The number of anilines is 1. The van der Waals surface area contributed by atoms with E-state index in [1.54, 1.807) is 6.92 Å². The van der Waals surface area contributed by atoms with Crippen LogP contribution in [0.3, 0.4) is 0 Å². The second-order valence-electron chi connectivity index (χ2n) is 4.31. The van der Waals surface area contributed by atoms with Crippen molar-refractivity contribution in [1.82, 2.24) is 0 Å². The van der Waals surface area contributed by atoms with Crippen LogP contribution in [0.1, 0.15) is 18.9 Å². The van der Waals surface area contributed by atoms with E-state index in [1.165, 1.54) is 0 Å². The summed E-state index contributed by atoms with van der Waals surface area (Å²) in [7, 11) is 0. The highest BCUT2D eigenvalue weighted by Crippen LogP contribution is 2.23. The van der Waals surface area contributed by atoms with E-state index in [-0.39, 0.29) is 6.54 Å². The molecule has 0 aromatic heterocycles. The number of carboxylic acids is 1. The first-order valence-electron chi connectivity index (χ1n) is 5.26. The van der Waals surface area contributed by atoms with Crippen LogP contribution in [0.15, 0.2) is 24.3 Å². The van der Waals surface area contributed by atoms with Gasteiger partial charge in [0.25, 0.3) is 0 Å². The standard InChI is InChI=1S/C12H18N2O2/c1-12(8-13,11(15)16)7-6-9-2-4-10(14)5-3-9/h2-5H,6-8,13-14H2,1H3,(H,15,16). The summed E-state index contributed by atoms with van der Waals surface area (Å²) in [6.45, 7) is 1.82. The van der Waals surface area contributed by atoms with Crippen LogP contribution in [0.4, 0.5) is 5.69 Å². The van der Waals surface area contributed by atoms with Crippen molar-refractivity contribution in [2.75, 3.05) is 12.3 Å². The summed E-state index contributed by atoms with van der Waals surface area (Å²) in [5, 5.41) is 9.05. The normalized spacial score (nSPS) is 14.4. The van der Waals surface area contributed by atoms with Crippen LogP contribution in [-0.2, 0) is 11.2 Å². The predicted octanol–water partition coefficient (Wildman–Crippen LogP) is 1.25. The van der Waals surface area contributed by atoms with Crippen LogP contribution in [0.5, 0.6) is 0 Å². The average molecular weight is 222 g/mol. The Morgan fingerprint density at radius 1 is 1.38 bits per heavy atom. The Morgan fingerprint density at radius 3 is 2.38 bits per heavy atom. The van der Waals surface area contributed by atoms with E-state index in [1.807, 2.05) is 24.3 Å². The Hall–Kier alpha value is -1.55. The van der Waals surface area contributed by atoms with Crippen molar-refractivity contribution in [2.45, 2.75) is 19.8 Å². The molecule has 0 aliphatic carbocycles. The lowest BCUT2D eigenvalue weighted by atomic mass is 9.84. The lowest BCUT2D eigenvalue weighted by Gasteiger charge is -2.22. The molecule has 88 valence electrons. The largest absolute Gasteiger partial charge is 0.481 e. The zero-order valence-electron chi connectivity index (χ0n) is 9.44. The van der Waals surface area contributed by atoms with Crippen LogP contribution < -0.4 is 11.5 Å². The van der Waals surface area contributed by atoms with Crippen LogP contribution in [0, 0.1) is 5.41 Å². The van der Waals surface area contributed by atoms with Gasteiger partial charge in [-0.2, -0.15) is 0 Å². The maximum atomic E-state index is 11.0. The van der Waals surface area contributed by atoms with Gasteiger partial charge in [0.05, 0.1) is 5.41 Å². The van der Waals surface area contributed by atoms with Crippen molar-refractivity contribution in [2.24, 2.45) is 11.1 Å². The SMILES string of the molecule is CC(CN)(CCc1ccc(N)cc1)C(=O)O. The van der Waals surface area contributed by atoms with Crippen molar-refractivity contribution in [3.05, 3.63) is 29.8 Å². The van der Waals surface area contributed by atoms with E-state index in [0.717, 1.165) is 5.56 Å². The number of carbonyl (C=O) groups is 1. The highest BCUT2D eigenvalue weighted by Gasteiger charge is 2.30. The molecule has 0 aliphatic heterocycles. The molecular formula is C12H18N2O2. The van der Waals surface area contributed by atoms with Gasteiger partial charge in [-0.05, 0) is 37.5 Å². The first-order valence-corrected chi connectivity index (χ1v) is 5.26. The van der Waals surface area contributed by atoms with Gasteiger partial charge in [-0.3, -0.25) is 4.79 Å². The summed E-state index contributed by atoms with van der Waals surface area (Å²) in [6.07, 6.45) is 1.23. The maximum Gasteiger partial charge on any atom is 0.310 e. The van der Waals surface area contributed by atoms with E-state index < -0.39 is 11.4 Å². The monoisotopic (exact) mass is 222 g/mol. The minimum absolute atomic E-state index is 0.150. The summed E-state index contributed by atoms with van der Waals surface area (Å²) in [5.41, 5.74) is 12.0. The molecule has 1 rings (SSSR count). The predicted molar refractivity (Wildman–Crippen MR) is 64.0 cm³/mol. The number of aryl methyl sites for hydroxylation is 1. The molecule has 5 N–H and O–H groups in total. The molecule has 1 unspecified atom stereocenters. The smallest absolute Gasteiger partial charge is 0.310 e. The van der Waals surface area contributed by atoms with E-state index in [2.05, 4.69) is 0 Å². The fourth-order valence-corrected chi connectivity index (χ4v) is 1.40. The fraction of sp³-hybridized carbons (Fsp3) is 0.417. The van der Waals surface area contributed by atoms with Crippen molar-refractivity contribution in [3.63, 3.8) is 0 Å². The molecule has 0 spiro atoms. The minimum Gasteiger partial charge on any atom is -0.481 e. The van der Waals surface area contributed by atoms with Gasteiger partial charge in [0.15, 0.2) is 0 Å². The van der Waals surface area contributed by atoms with Crippen LogP contribution in [0.2, 0.25) is 0 Å². The molecule has 0 amide bonds. The van der Waals surface area contributed by atoms with Gasteiger partial charge < -0.3 is 16.6 Å². The number of hydrogen-bond donors (Lipinski definition) is 3. The molecule has 4 heteroatoms. The van der Waals surface area contributed by atoms with Crippen molar-refractivity contribution in [1.29, 1.82) is 0 Å². The molecule has 0 radical (unpaired) electrons. The Kier molecular flexibility index (Phi) is 3.90. The zero-order chi connectivity index (χ0) is 12.2. The molecule has 0 saturated carbocycles. The number of carboxylic acid groups (broad SMARTS) is 1. The first kappa shape index (κ1) is 12.5. The highest BCUT2D eigenvalue weighted by molar-refractivity contribution is 5.74. The summed E-state index contributed by atoms with van der Waals surface area (Å²) >= 11 is 0. The average Bonchev–Trinajstić information content (AvgIpc) is 2.27. The fourth-order valence-electron chi connectivity index (χ4n) is 1.40. The Bertz CT molecular complexity index is 362. The summed E-state index contributed by atoms with van der Waals surface area (Å²) in [5.74, 6) is -0.842. The van der Waals surface area contributed by atoms with Crippen molar-refractivity contribution in [3.8, 4) is 0 Å². The van der Waals surface area contributed by atoms with Crippen LogP contribution in [-0.4, -0.2) is 17.6 Å². The lowest BCUT2D eigenvalue weighted by Crippen LogP contribution is -2.36. The first-order chi connectivity index (χ1) is 7.48. The molecule has 0 fully saturated rings. The molecule has 1 atom stereocenters. The van der Waals surface area contributed by atoms with Gasteiger partial charge in [0, 0.05) is 12.2 Å². The molecule has 0 heterocycles. The van der Waals surface area contributed by atoms with Crippen LogP contribution in [0.25, 0.3) is 0 Å². The Morgan fingerprint density at radius 2 is 1.94 bits per heavy atom. The van der Waals surface area contributed by atoms with Gasteiger partial charge in [0.2, 0.25) is 0 Å². The van der Waals surface area contributed by atoms with Gasteiger partial charge >= 0.3 is 5.97 Å². The maximum absolute atomic E-state index is 11.0. The van der Waals surface area contributed by atoms with E-state index >= 15 is 0 Å². The Labute approximate surface area is 95.3 Å². The summed E-state index contributed by atoms with van der Waals surface area (Å²) in [6, 6.07) is 7.45. The van der Waals surface area contributed by atoms with Crippen LogP contribution >= 0.6 is 0 Å². The van der Waals surface area contributed by atoms with E-state index in [9.17, 15) is 4.79 Å². The molecule has 0 saturated heterocycles. The molecule has 0 aliphatic rings. The number of nitrogens with two attached hydrogens (primary N) is 2. The van der Waals surface area contributed by atoms with Gasteiger partial charge in [-0.25, -0.2) is 0 Å². The third-order valence-corrected chi connectivity index (χ3v) is 2.91. The van der Waals surface area contributed by atoms with Crippen molar-refractivity contribution >= 4 is 11.7 Å². The molecule has 16 heavy (non-hydrogen) atoms. The third kappa shape index (κ3) is 2.97. The van der Waals surface area contributed by atoms with E-state index in [0.29, 0.717) is 18.5 Å². The quantitative estimate of drug-likeness (QED) is 0.654. The minimum atomic E-state index is -0.846. The van der Waals surface area contributed by atoms with Crippen molar-refractivity contribution < 1.29 is 9.90 Å². The van der Waals surface area contributed by atoms with Gasteiger partial charge in [-0.1, -0.05) is 12.1 Å². The molecule has 4 nitrogen and oxygen atoms in total. The number of benzene rings is 1. The number of aliphatic carboxylic acids is 1. The topological polar surface area (TPSA) is 89.3 Å². The number of nitrogen functional groups attached to an aromatic ring is 1. The molecule has 1 aromatic carbocycles. The number of hydrogen-bond acceptors (Lipinski definition) is 3. The molecule has 1 aromatic rings. The summed E-state index contributed by atoms with van der Waals surface area (Å²) < 4.78 is 0. The lowest BCUT2D eigenvalue weighted by molar-refractivity contribution is -0.147. The van der Waals surface area contributed by atoms with E-state index in [4.69, 9.17) is 16.6 Å². The second-order valence-corrected chi connectivity index (χ2v) is 4.31. The third-order valence-electron chi connectivity index (χ3n) is 2.91. The second kappa shape index (κ2) is 4.99. The number of rotatable bonds is 5. The Balaban J connectivity index is 2.63. The highest BCUT2D eigenvalue weighted by atomic mass is 16.4. The summed E-state index contributed by atoms with van der Waals surface area (Å²) in [4.78, 5) is 11.0. The van der Waals surface area contributed by atoms with Gasteiger partial charge in [0.1, 0.15) is 0 Å².